The zero-order valence-corrected chi connectivity index (χ0v) is 13.2. The van der Waals surface area contributed by atoms with E-state index < -0.39 is 22.1 Å². The first-order chi connectivity index (χ1) is 10.2. The molecule has 0 aliphatic rings. The number of carbonyl (C=O) groups excluding carboxylic acids is 2. The smallest absolute Gasteiger partial charge is 0.312 e. The Labute approximate surface area is 129 Å². The molecule has 0 saturated heterocycles. The maximum atomic E-state index is 11.7. The van der Waals surface area contributed by atoms with Crippen LogP contribution in [0.2, 0.25) is 0 Å². The predicted molar refractivity (Wildman–Crippen MR) is 82.2 cm³/mol. The molecule has 1 atom stereocenters. The summed E-state index contributed by atoms with van der Waals surface area (Å²) < 4.78 is 25.1. The van der Waals surface area contributed by atoms with Crippen molar-refractivity contribution in [3.63, 3.8) is 0 Å². The molecule has 122 valence electrons. The Bertz CT molecular complexity index is 628. The van der Waals surface area contributed by atoms with Crippen LogP contribution in [0, 0.1) is 0 Å². The van der Waals surface area contributed by atoms with Crippen molar-refractivity contribution < 1.29 is 18.0 Å². The largest absolute Gasteiger partial charge is 0.352 e. The van der Waals surface area contributed by atoms with E-state index in [1.54, 1.807) is 24.3 Å². The number of urea groups is 1. The third-order valence-electron chi connectivity index (χ3n) is 2.91. The van der Waals surface area contributed by atoms with E-state index in [4.69, 9.17) is 5.73 Å². The monoisotopic (exact) mass is 328 g/mol. The lowest BCUT2D eigenvalue weighted by molar-refractivity contribution is -0.122. The molecule has 1 unspecified atom stereocenters. The highest BCUT2D eigenvalue weighted by molar-refractivity contribution is 7.88. The van der Waals surface area contributed by atoms with Crippen LogP contribution in [0.5, 0.6) is 0 Å². The molecule has 0 heterocycles. The fraction of sp³-hybridized carbons (Fsp3) is 0.385. The zero-order chi connectivity index (χ0) is 16.8. The molecule has 0 radical (unpaired) electrons. The first-order valence-corrected chi connectivity index (χ1v) is 8.21. The van der Waals surface area contributed by atoms with Crippen molar-refractivity contribution in [3.8, 4) is 0 Å². The third-order valence-corrected chi connectivity index (χ3v) is 4.24. The van der Waals surface area contributed by atoms with Gasteiger partial charge >= 0.3 is 6.03 Å². The molecule has 0 saturated carbocycles. The molecule has 3 amide bonds. The van der Waals surface area contributed by atoms with Gasteiger partial charge in [-0.2, -0.15) is 0 Å². The van der Waals surface area contributed by atoms with Gasteiger partial charge in [0.25, 0.3) is 0 Å². The number of benzene rings is 1. The standard InChI is InChI=1S/C13H20N4O4S/c1-9(17-13(14)19)12(18)16-7-10-3-5-11(6-4-10)8-22(20,21)15-2/h3-6,9,15H,7-8H2,1-2H3,(H,16,18)(H3,14,17,19). The molecule has 1 rings (SSSR count). The number of primary amides is 1. The molecule has 0 fully saturated rings. The van der Waals surface area contributed by atoms with Gasteiger partial charge in [0, 0.05) is 6.54 Å². The SMILES string of the molecule is CNS(=O)(=O)Cc1ccc(CNC(=O)C(C)NC(N)=O)cc1. The Morgan fingerprint density at radius 3 is 2.23 bits per heavy atom. The Kier molecular flexibility index (Phi) is 6.32. The number of nitrogens with one attached hydrogen (secondary N) is 3. The van der Waals surface area contributed by atoms with Crippen LogP contribution in [0.25, 0.3) is 0 Å². The number of rotatable bonds is 7. The molecular weight excluding hydrogens is 308 g/mol. The number of hydrogen-bond acceptors (Lipinski definition) is 4. The van der Waals surface area contributed by atoms with E-state index in [1.807, 2.05) is 0 Å². The second kappa shape index (κ2) is 7.76. The van der Waals surface area contributed by atoms with E-state index in [0.29, 0.717) is 5.56 Å². The molecule has 22 heavy (non-hydrogen) atoms. The second-order valence-electron chi connectivity index (χ2n) is 4.73. The highest BCUT2D eigenvalue weighted by atomic mass is 32.2. The highest BCUT2D eigenvalue weighted by Gasteiger charge is 2.13. The van der Waals surface area contributed by atoms with Crippen LogP contribution in [-0.4, -0.2) is 33.4 Å². The summed E-state index contributed by atoms with van der Waals surface area (Å²) in [6, 6.07) is 5.33. The minimum absolute atomic E-state index is 0.101. The highest BCUT2D eigenvalue weighted by Crippen LogP contribution is 2.07. The van der Waals surface area contributed by atoms with Crippen LogP contribution >= 0.6 is 0 Å². The second-order valence-corrected chi connectivity index (χ2v) is 6.65. The van der Waals surface area contributed by atoms with Gasteiger partial charge in [-0.1, -0.05) is 24.3 Å². The van der Waals surface area contributed by atoms with E-state index in [9.17, 15) is 18.0 Å². The van der Waals surface area contributed by atoms with Crippen LogP contribution in [0.15, 0.2) is 24.3 Å². The van der Waals surface area contributed by atoms with Crippen molar-refractivity contribution in [2.75, 3.05) is 7.05 Å². The normalized spacial score (nSPS) is 12.5. The third kappa shape index (κ3) is 6.10. The Balaban J connectivity index is 2.55. The first kappa shape index (κ1) is 17.9. The summed E-state index contributed by atoms with van der Waals surface area (Å²) in [5.41, 5.74) is 6.39. The van der Waals surface area contributed by atoms with E-state index in [0.717, 1.165) is 5.56 Å². The summed E-state index contributed by atoms with van der Waals surface area (Å²) in [7, 11) is -1.94. The Hall–Kier alpha value is -2.13. The molecule has 8 nitrogen and oxygen atoms in total. The molecule has 1 aromatic rings. The number of sulfonamides is 1. The molecule has 0 aliphatic heterocycles. The van der Waals surface area contributed by atoms with Crippen LogP contribution in [0.4, 0.5) is 4.79 Å². The number of carbonyl (C=O) groups is 2. The van der Waals surface area contributed by atoms with Crippen LogP contribution in [-0.2, 0) is 27.1 Å². The van der Waals surface area contributed by atoms with Gasteiger partial charge in [0.2, 0.25) is 15.9 Å². The number of hydrogen-bond donors (Lipinski definition) is 4. The van der Waals surface area contributed by atoms with Crippen LogP contribution in [0.3, 0.4) is 0 Å². The fourth-order valence-electron chi connectivity index (χ4n) is 1.67. The number of nitrogens with two attached hydrogens (primary N) is 1. The van der Waals surface area contributed by atoms with Crippen molar-refractivity contribution in [2.45, 2.75) is 25.3 Å². The molecule has 9 heteroatoms. The van der Waals surface area contributed by atoms with Crippen molar-refractivity contribution >= 4 is 22.0 Å². The topological polar surface area (TPSA) is 130 Å². The van der Waals surface area contributed by atoms with Crippen molar-refractivity contribution in [2.24, 2.45) is 5.73 Å². The van der Waals surface area contributed by atoms with E-state index in [2.05, 4.69) is 15.4 Å². The van der Waals surface area contributed by atoms with Gasteiger partial charge in [0.15, 0.2) is 0 Å². The summed E-state index contributed by atoms with van der Waals surface area (Å²) >= 11 is 0. The summed E-state index contributed by atoms with van der Waals surface area (Å²) in [4.78, 5) is 22.3. The summed E-state index contributed by atoms with van der Waals surface area (Å²) in [6.07, 6.45) is 0. The van der Waals surface area contributed by atoms with Crippen LogP contribution < -0.4 is 21.1 Å². The van der Waals surface area contributed by atoms with Crippen LogP contribution in [0.1, 0.15) is 18.1 Å². The van der Waals surface area contributed by atoms with Gasteiger partial charge in [-0.25, -0.2) is 17.9 Å². The summed E-state index contributed by atoms with van der Waals surface area (Å²) in [5, 5.41) is 4.92. The lowest BCUT2D eigenvalue weighted by Crippen LogP contribution is -2.46. The van der Waals surface area contributed by atoms with Gasteiger partial charge in [-0.05, 0) is 25.1 Å². The van der Waals surface area contributed by atoms with Crippen molar-refractivity contribution in [1.29, 1.82) is 0 Å². The zero-order valence-electron chi connectivity index (χ0n) is 12.4. The lowest BCUT2D eigenvalue weighted by Gasteiger charge is -2.12. The minimum atomic E-state index is -3.31. The van der Waals surface area contributed by atoms with E-state index in [-0.39, 0.29) is 18.2 Å². The Morgan fingerprint density at radius 1 is 1.18 bits per heavy atom. The quantitative estimate of drug-likeness (QED) is 0.533. The summed E-state index contributed by atoms with van der Waals surface area (Å²) in [6.45, 7) is 1.79. The molecule has 5 N–H and O–H groups in total. The maximum absolute atomic E-state index is 11.7. The molecule has 0 aromatic heterocycles. The van der Waals surface area contributed by atoms with Gasteiger partial charge in [-0.15, -0.1) is 0 Å². The molecule has 0 bridgehead atoms. The molecule has 1 aromatic carbocycles. The van der Waals surface area contributed by atoms with E-state index >= 15 is 0 Å². The van der Waals surface area contributed by atoms with E-state index in [1.165, 1.54) is 14.0 Å². The molecule has 0 aliphatic carbocycles. The van der Waals surface area contributed by atoms with Gasteiger partial charge in [0.05, 0.1) is 5.75 Å². The summed E-state index contributed by atoms with van der Waals surface area (Å²) in [5.74, 6) is -0.462. The fourth-order valence-corrected chi connectivity index (χ4v) is 2.44. The molecule has 0 spiro atoms. The lowest BCUT2D eigenvalue weighted by atomic mass is 10.1. The minimum Gasteiger partial charge on any atom is -0.352 e. The number of amides is 3. The predicted octanol–water partition coefficient (Wildman–Crippen LogP) is -0.591. The Morgan fingerprint density at radius 2 is 1.73 bits per heavy atom. The van der Waals surface area contributed by atoms with Crippen molar-refractivity contribution in [1.82, 2.24) is 15.4 Å². The average molecular weight is 328 g/mol. The average Bonchev–Trinajstić information content (AvgIpc) is 2.45. The molecular formula is C13H20N4O4S. The van der Waals surface area contributed by atoms with Gasteiger partial charge < -0.3 is 16.4 Å². The van der Waals surface area contributed by atoms with Gasteiger partial charge in [-0.3, -0.25) is 4.79 Å². The maximum Gasteiger partial charge on any atom is 0.312 e. The first-order valence-electron chi connectivity index (χ1n) is 6.56. The van der Waals surface area contributed by atoms with Crippen molar-refractivity contribution in [3.05, 3.63) is 35.4 Å². The van der Waals surface area contributed by atoms with Gasteiger partial charge in [0.1, 0.15) is 6.04 Å².